The average Bonchev–Trinajstić information content (AvgIpc) is 2.43. The normalized spacial score (nSPS) is 11.7. The Kier molecular flexibility index (Phi) is 6.81. The van der Waals surface area contributed by atoms with Crippen LogP contribution >= 0.6 is 0 Å². The zero-order chi connectivity index (χ0) is 15.9. The maximum atomic E-state index is 11.8. The number of carboxylic acids is 1. The number of amides is 1. The van der Waals surface area contributed by atoms with E-state index in [1.165, 1.54) is 6.41 Å². The monoisotopic (exact) mass is 549 g/mol. The van der Waals surface area contributed by atoms with Crippen LogP contribution in [0.3, 0.4) is 0 Å². The van der Waals surface area contributed by atoms with E-state index in [1.807, 2.05) is 35.6 Å². The molecule has 7 heteroatoms. The van der Waals surface area contributed by atoms with Gasteiger partial charge in [-0.3, -0.25) is 9.59 Å². The Hall–Kier alpha value is -3.37. The molecule has 0 aliphatic carbocycles. The Morgan fingerprint density at radius 3 is 2.41 bits per heavy atom. The van der Waals surface area contributed by atoms with Gasteiger partial charge in [0.25, 0.3) is 0 Å². The van der Waals surface area contributed by atoms with E-state index in [0.29, 0.717) is 0 Å². The third-order valence-corrected chi connectivity index (χ3v) is 3.01. The van der Waals surface area contributed by atoms with E-state index >= 15 is 0 Å². The molecule has 0 aromatic heterocycles. The molecule has 22 heavy (non-hydrogen) atoms. The van der Waals surface area contributed by atoms with Crippen LogP contribution in [-0.4, -0.2) is 29.5 Å². The van der Waals surface area contributed by atoms with E-state index in [0.717, 1.165) is 5.56 Å². The van der Waals surface area contributed by atoms with Crippen LogP contribution in [0.2, 0.25) is 0 Å². The summed E-state index contributed by atoms with van der Waals surface area (Å²) in [6, 6.07) is 8.09. The van der Waals surface area contributed by atoms with E-state index in [2.05, 4.69) is 0 Å². The SMILES string of the molecule is CC(C)(OC(=O)CCC(N[C-]=O)C(=O)O)c1ccccc1.[Fm]. The van der Waals surface area contributed by atoms with Crippen LogP contribution in [-0.2, 0) is 24.7 Å². The summed E-state index contributed by atoms with van der Waals surface area (Å²) in [5.41, 5.74) is 0.0360. The predicted octanol–water partition coefficient (Wildman–Crippen LogP) is 1.36. The van der Waals surface area contributed by atoms with Crippen molar-refractivity contribution in [2.24, 2.45) is 0 Å². The number of nitrogens with one attached hydrogen (secondary N) is 1. The number of aliphatic carboxylic acids is 1. The molecule has 0 heterocycles. The van der Waals surface area contributed by atoms with Gasteiger partial charge < -0.3 is 20.0 Å². The molecule has 1 rings (SSSR count). The zero-order valence-corrected chi connectivity index (χ0v) is 14.7. The Bertz CT molecular complexity index is 504. The Balaban J connectivity index is 0.00000441. The molecule has 0 aliphatic rings. The molecule has 1 unspecified atom stereocenters. The van der Waals surface area contributed by atoms with Crippen molar-refractivity contribution in [3.63, 3.8) is 0 Å². The van der Waals surface area contributed by atoms with E-state index in [1.54, 1.807) is 13.8 Å². The van der Waals surface area contributed by atoms with Gasteiger partial charge in [0.2, 0.25) is 0 Å². The second-order valence-electron chi connectivity index (χ2n) is 5.03. The third-order valence-electron chi connectivity index (χ3n) is 3.01. The van der Waals surface area contributed by atoms with Crippen LogP contribution in [0.5, 0.6) is 0 Å². The summed E-state index contributed by atoms with van der Waals surface area (Å²) in [5, 5.41) is 10.9. The summed E-state index contributed by atoms with van der Waals surface area (Å²) in [5.74, 6) is -1.74. The first-order valence-electron chi connectivity index (χ1n) is 6.49. The van der Waals surface area contributed by atoms with Crippen molar-refractivity contribution >= 4 is 18.3 Å². The number of rotatable bonds is 8. The molecule has 0 bridgehead atoms. The predicted molar refractivity (Wildman–Crippen MR) is 75.0 cm³/mol. The minimum Gasteiger partial charge on any atom is -0.520 e. The van der Waals surface area contributed by atoms with Crippen molar-refractivity contribution in [3.05, 3.63) is 35.9 Å². The summed E-state index contributed by atoms with van der Waals surface area (Å²) >= 11 is 0. The van der Waals surface area contributed by atoms with Crippen LogP contribution in [0.25, 0.3) is 0 Å². The number of hydrogen-bond acceptors (Lipinski definition) is 4. The first-order chi connectivity index (χ1) is 9.86. The minimum atomic E-state index is -1.21. The number of ether oxygens (including phenoxy) is 1. The fourth-order valence-corrected chi connectivity index (χ4v) is 1.82. The van der Waals surface area contributed by atoms with Crippen LogP contribution in [0.15, 0.2) is 30.3 Å². The number of carbonyl (C=O) groups excluding carboxylic acids is 2. The molecule has 1 aromatic carbocycles. The van der Waals surface area contributed by atoms with Crippen molar-refractivity contribution in [1.82, 2.24) is 5.32 Å². The van der Waals surface area contributed by atoms with E-state index in [-0.39, 0.29) is 12.8 Å². The van der Waals surface area contributed by atoms with E-state index < -0.39 is 23.6 Å². The zero-order valence-electron chi connectivity index (χ0n) is 12.2. The largest absolute Gasteiger partial charge is 0.520 e. The van der Waals surface area contributed by atoms with Crippen molar-refractivity contribution in [2.75, 3.05) is 0 Å². The second-order valence-corrected chi connectivity index (χ2v) is 5.03. The molecule has 0 fully saturated rings. The Morgan fingerprint density at radius 1 is 1.32 bits per heavy atom. The summed E-state index contributed by atoms with van der Waals surface area (Å²) in [6.07, 6.45) is 1.16. The van der Waals surface area contributed by atoms with Gasteiger partial charge in [0.05, 0.1) is 6.04 Å². The van der Waals surface area contributed by atoms with Gasteiger partial charge in [0.15, 0.2) is 0 Å². The van der Waals surface area contributed by atoms with E-state index in [9.17, 15) is 14.4 Å². The van der Waals surface area contributed by atoms with Crippen LogP contribution in [0.4, 0.5) is 0 Å². The van der Waals surface area contributed by atoms with Gasteiger partial charge >= 0.3 is 11.9 Å². The molecule has 0 radical (unpaired) electrons. The third kappa shape index (κ3) is 5.32. The molecule has 6 nitrogen and oxygen atoms in total. The Labute approximate surface area is 123 Å². The molecule has 126 valence electrons. The van der Waals surface area contributed by atoms with Gasteiger partial charge in [-0.05, 0) is 25.8 Å². The number of esters is 1. The van der Waals surface area contributed by atoms with Crippen molar-refractivity contribution in [2.45, 2.75) is 38.3 Å². The van der Waals surface area contributed by atoms with Gasteiger partial charge in [-0.2, -0.15) is 6.41 Å². The molecule has 2 N–H and O–H groups in total. The standard InChI is InChI=1S/C15H18NO5.Fm/c1-15(2,11-6-4-3-5-7-11)21-13(18)9-8-12(14(19)20)16-10-17;/h3-7,12H,8-9H2,1-2H3,(H,16,17)(H,19,20);/q-1;. The van der Waals surface area contributed by atoms with Gasteiger partial charge in [0, 0.05) is 6.42 Å². The van der Waals surface area contributed by atoms with Crippen molar-refractivity contribution in [3.8, 4) is 0 Å². The summed E-state index contributed by atoms with van der Waals surface area (Å²) in [4.78, 5) is 32.8. The smallest absolute Gasteiger partial charge is 0.323 e. The molecule has 1 amide bonds. The molecular weight excluding hydrogens is 531 g/mol. The Morgan fingerprint density at radius 2 is 1.91 bits per heavy atom. The number of hydrogen-bond donors (Lipinski definition) is 2. The van der Waals surface area contributed by atoms with Gasteiger partial charge in [0.1, 0.15) is 5.60 Å². The maximum absolute atomic E-state index is 11.8. The molecule has 0 aliphatic heterocycles. The molecule has 0 saturated heterocycles. The minimum absolute atomic E-state index is 0. The first-order valence-corrected chi connectivity index (χ1v) is 6.49. The first kappa shape index (κ1) is 18.6. The van der Waals surface area contributed by atoms with Crippen molar-refractivity contribution in [1.29, 1.82) is 0 Å². The molecule has 1 atom stereocenters. The van der Waals surface area contributed by atoms with Crippen molar-refractivity contribution < 1.29 is 24.2 Å². The average molecular weight is 549 g/mol. The fourth-order valence-electron chi connectivity index (χ4n) is 1.82. The summed E-state index contributed by atoms with van der Waals surface area (Å²) in [6.45, 7) is 3.51. The molecule has 0 spiro atoms. The second kappa shape index (κ2) is 8.04. The summed E-state index contributed by atoms with van der Waals surface area (Å²) < 4.78 is 5.37. The summed E-state index contributed by atoms with van der Waals surface area (Å²) in [7, 11) is 0. The van der Waals surface area contributed by atoms with Gasteiger partial charge in [-0.1, -0.05) is 30.3 Å². The fraction of sp³-hybridized carbons (Fsp3) is 0.400. The number of benzene rings is 1. The van der Waals surface area contributed by atoms with Gasteiger partial charge in [-0.15, -0.1) is 0 Å². The van der Waals surface area contributed by atoms with Crippen LogP contribution in [0.1, 0.15) is 32.3 Å². The maximum Gasteiger partial charge on any atom is 0.323 e. The van der Waals surface area contributed by atoms with Crippen LogP contribution < -0.4 is 5.32 Å². The number of carbonyl (C=O) groups is 2. The van der Waals surface area contributed by atoms with Gasteiger partial charge in [-0.25, -0.2) is 0 Å². The van der Waals surface area contributed by atoms with Crippen LogP contribution in [0, 0.1) is 0 Å². The molecule has 1 aromatic rings. The quantitative estimate of drug-likeness (QED) is 0.291. The molecular formula is C15H18FmNO5-. The van der Waals surface area contributed by atoms with E-state index in [4.69, 9.17) is 9.84 Å². The molecule has 0 saturated carbocycles. The topological polar surface area (TPSA) is 92.7 Å². The number of carboxylic acid groups (broad SMARTS) is 1.